The molecule has 17 heavy (non-hydrogen) atoms. The van der Waals surface area contributed by atoms with Crippen molar-refractivity contribution in [1.29, 1.82) is 0 Å². The van der Waals surface area contributed by atoms with E-state index < -0.39 is 0 Å². The molecule has 1 aliphatic rings. The summed E-state index contributed by atoms with van der Waals surface area (Å²) in [7, 11) is 0. The molecule has 3 heteroatoms. The number of carbonyl (C=O) groups is 1. The average molecular weight is 241 g/mol. The van der Waals surface area contributed by atoms with E-state index in [2.05, 4.69) is 4.90 Å². The molecule has 0 N–H and O–H groups in total. The molecule has 1 fully saturated rings. The third kappa shape index (κ3) is 7.37. The molecule has 1 aliphatic heterocycles. The minimum atomic E-state index is -0.354. The van der Waals surface area contributed by atoms with Gasteiger partial charge in [-0.2, -0.15) is 0 Å². The van der Waals surface area contributed by atoms with Gasteiger partial charge in [0, 0.05) is 6.54 Å². The topological polar surface area (TPSA) is 29.5 Å². The fraction of sp³-hybridized carbons (Fsp3) is 0.929. The third-order valence-corrected chi connectivity index (χ3v) is 3.00. The summed E-state index contributed by atoms with van der Waals surface area (Å²) in [5.74, 6) is -0.0699. The van der Waals surface area contributed by atoms with E-state index in [1.165, 1.54) is 32.1 Å². The summed E-state index contributed by atoms with van der Waals surface area (Å²) in [6.07, 6.45) is 7.12. The molecule has 1 saturated heterocycles. The van der Waals surface area contributed by atoms with Crippen LogP contribution in [0.2, 0.25) is 0 Å². The van der Waals surface area contributed by atoms with Gasteiger partial charge in [-0.25, -0.2) is 0 Å². The number of rotatable bonds is 3. The number of likely N-dealkylation sites (tertiary alicyclic amines) is 1. The first kappa shape index (κ1) is 14.5. The van der Waals surface area contributed by atoms with Gasteiger partial charge in [0.2, 0.25) is 0 Å². The standard InChI is InChI=1S/C14H27NO2/c1-14(2,3)17-13(16)9-12-15-10-7-5-4-6-8-11-15/h4-12H2,1-3H3. The second kappa shape index (κ2) is 7.00. The molecule has 0 saturated carbocycles. The zero-order chi connectivity index (χ0) is 12.7. The van der Waals surface area contributed by atoms with Crippen LogP contribution in [0.15, 0.2) is 0 Å². The highest BCUT2D eigenvalue weighted by Gasteiger charge is 2.17. The lowest BCUT2D eigenvalue weighted by Crippen LogP contribution is -2.31. The van der Waals surface area contributed by atoms with Crippen LogP contribution < -0.4 is 0 Å². The maximum Gasteiger partial charge on any atom is 0.307 e. The van der Waals surface area contributed by atoms with Crippen molar-refractivity contribution in [2.75, 3.05) is 19.6 Å². The zero-order valence-electron chi connectivity index (χ0n) is 11.6. The highest BCUT2D eigenvalue weighted by atomic mass is 16.6. The molecule has 0 aromatic heterocycles. The van der Waals surface area contributed by atoms with Crippen LogP contribution in [0.1, 0.15) is 59.3 Å². The van der Waals surface area contributed by atoms with Gasteiger partial charge in [-0.3, -0.25) is 4.79 Å². The van der Waals surface area contributed by atoms with Crippen LogP contribution in [0, 0.1) is 0 Å². The maximum absolute atomic E-state index is 11.6. The predicted octanol–water partition coefficient (Wildman–Crippen LogP) is 2.98. The van der Waals surface area contributed by atoms with Crippen molar-refractivity contribution in [2.45, 2.75) is 64.9 Å². The lowest BCUT2D eigenvalue weighted by molar-refractivity contribution is -0.155. The van der Waals surface area contributed by atoms with E-state index in [4.69, 9.17) is 4.74 Å². The first-order valence-corrected chi connectivity index (χ1v) is 6.91. The van der Waals surface area contributed by atoms with Gasteiger partial charge in [0.05, 0.1) is 6.42 Å². The Morgan fingerprint density at radius 3 is 2.12 bits per heavy atom. The van der Waals surface area contributed by atoms with Gasteiger partial charge >= 0.3 is 5.97 Å². The van der Waals surface area contributed by atoms with Gasteiger partial charge in [0.25, 0.3) is 0 Å². The number of hydrogen-bond donors (Lipinski definition) is 0. The fourth-order valence-corrected chi connectivity index (χ4v) is 2.18. The summed E-state index contributed by atoms with van der Waals surface area (Å²) in [5.41, 5.74) is -0.354. The minimum absolute atomic E-state index is 0.0699. The average Bonchev–Trinajstić information content (AvgIpc) is 2.13. The second-order valence-electron chi connectivity index (χ2n) is 5.95. The van der Waals surface area contributed by atoms with Gasteiger partial charge in [-0.15, -0.1) is 0 Å². The van der Waals surface area contributed by atoms with E-state index in [1.807, 2.05) is 20.8 Å². The summed E-state index contributed by atoms with van der Waals surface area (Å²) in [6.45, 7) is 8.89. The highest BCUT2D eigenvalue weighted by molar-refractivity contribution is 5.70. The summed E-state index contributed by atoms with van der Waals surface area (Å²) >= 11 is 0. The Kier molecular flexibility index (Phi) is 5.96. The van der Waals surface area contributed by atoms with Gasteiger partial charge in [0.1, 0.15) is 5.60 Å². The maximum atomic E-state index is 11.6. The number of ether oxygens (including phenoxy) is 1. The van der Waals surface area contributed by atoms with E-state index in [9.17, 15) is 4.79 Å². The van der Waals surface area contributed by atoms with Crippen LogP contribution in [-0.4, -0.2) is 36.1 Å². The SMILES string of the molecule is CC(C)(C)OC(=O)CCN1CCCCCCC1. The molecular formula is C14H27NO2. The van der Waals surface area contributed by atoms with Crippen molar-refractivity contribution in [1.82, 2.24) is 4.90 Å². The van der Waals surface area contributed by atoms with Crippen molar-refractivity contribution in [3.8, 4) is 0 Å². The highest BCUT2D eigenvalue weighted by Crippen LogP contribution is 2.12. The van der Waals surface area contributed by atoms with Crippen LogP contribution in [0.5, 0.6) is 0 Å². The summed E-state index contributed by atoms with van der Waals surface area (Å²) in [6, 6.07) is 0. The molecule has 100 valence electrons. The van der Waals surface area contributed by atoms with E-state index in [0.717, 1.165) is 19.6 Å². The molecule has 0 aromatic carbocycles. The van der Waals surface area contributed by atoms with Gasteiger partial charge in [-0.1, -0.05) is 19.3 Å². The lowest BCUT2D eigenvalue weighted by atomic mass is 10.1. The van der Waals surface area contributed by atoms with E-state index in [0.29, 0.717) is 6.42 Å². The van der Waals surface area contributed by atoms with Crippen LogP contribution in [-0.2, 0) is 9.53 Å². The molecule has 0 unspecified atom stereocenters. The number of hydrogen-bond acceptors (Lipinski definition) is 3. The normalized spacial score (nSPS) is 19.5. The Labute approximate surface area is 106 Å². The van der Waals surface area contributed by atoms with Crippen LogP contribution >= 0.6 is 0 Å². The first-order chi connectivity index (χ1) is 7.97. The first-order valence-electron chi connectivity index (χ1n) is 6.91. The zero-order valence-corrected chi connectivity index (χ0v) is 11.6. The monoisotopic (exact) mass is 241 g/mol. The Hall–Kier alpha value is -0.570. The largest absolute Gasteiger partial charge is 0.460 e. The Morgan fingerprint density at radius 1 is 1.06 bits per heavy atom. The van der Waals surface area contributed by atoms with Crippen LogP contribution in [0.3, 0.4) is 0 Å². The Morgan fingerprint density at radius 2 is 1.59 bits per heavy atom. The molecule has 1 rings (SSSR count). The van der Waals surface area contributed by atoms with E-state index in [-0.39, 0.29) is 11.6 Å². The third-order valence-electron chi connectivity index (χ3n) is 3.00. The second-order valence-corrected chi connectivity index (χ2v) is 5.95. The molecule has 0 aromatic rings. The number of esters is 1. The number of nitrogens with zero attached hydrogens (tertiary/aromatic N) is 1. The van der Waals surface area contributed by atoms with Crippen molar-refractivity contribution < 1.29 is 9.53 Å². The molecule has 0 bridgehead atoms. The molecule has 0 amide bonds. The summed E-state index contributed by atoms with van der Waals surface area (Å²) in [5, 5.41) is 0. The summed E-state index contributed by atoms with van der Waals surface area (Å²) < 4.78 is 5.32. The molecular weight excluding hydrogens is 214 g/mol. The molecule has 1 heterocycles. The van der Waals surface area contributed by atoms with E-state index in [1.54, 1.807) is 0 Å². The Balaban J connectivity index is 2.21. The molecule has 0 atom stereocenters. The van der Waals surface area contributed by atoms with Crippen LogP contribution in [0.25, 0.3) is 0 Å². The van der Waals surface area contributed by atoms with Gasteiger partial charge in [0.15, 0.2) is 0 Å². The molecule has 3 nitrogen and oxygen atoms in total. The van der Waals surface area contributed by atoms with E-state index >= 15 is 0 Å². The van der Waals surface area contributed by atoms with Crippen molar-refractivity contribution in [3.05, 3.63) is 0 Å². The minimum Gasteiger partial charge on any atom is -0.460 e. The Bertz CT molecular complexity index is 225. The van der Waals surface area contributed by atoms with Gasteiger partial charge < -0.3 is 9.64 Å². The molecule has 0 radical (unpaired) electrons. The van der Waals surface area contributed by atoms with Crippen molar-refractivity contribution >= 4 is 5.97 Å². The van der Waals surface area contributed by atoms with Crippen molar-refractivity contribution in [3.63, 3.8) is 0 Å². The number of carbonyl (C=O) groups excluding carboxylic acids is 1. The van der Waals surface area contributed by atoms with Crippen LogP contribution in [0.4, 0.5) is 0 Å². The fourth-order valence-electron chi connectivity index (χ4n) is 2.18. The van der Waals surface area contributed by atoms with Crippen molar-refractivity contribution in [2.24, 2.45) is 0 Å². The lowest BCUT2D eigenvalue weighted by Gasteiger charge is -2.25. The smallest absolute Gasteiger partial charge is 0.307 e. The van der Waals surface area contributed by atoms with Gasteiger partial charge in [-0.05, 0) is 46.7 Å². The summed E-state index contributed by atoms with van der Waals surface area (Å²) in [4.78, 5) is 14.0. The predicted molar refractivity (Wildman–Crippen MR) is 70.0 cm³/mol. The molecule has 0 aliphatic carbocycles. The molecule has 0 spiro atoms. The quantitative estimate of drug-likeness (QED) is 0.711.